The Labute approximate surface area is 156 Å². The van der Waals surface area contributed by atoms with Crippen molar-refractivity contribution in [3.8, 4) is 11.5 Å². The van der Waals surface area contributed by atoms with E-state index in [-0.39, 0.29) is 12.3 Å². The van der Waals surface area contributed by atoms with E-state index in [0.717, 1.165) is 17.5 Å². The molecule has 0 atom stereocenters. The van der Waals surface area contributed by atoms with Gasteiger partial charge in [0.2, 0.25) is 5.91 Å². The second-order valence-electron chi connectivity index (χ2n) is 6.24. The molecule has 1 amide bonds. The Morgan fingerprint density at radius 1 is 1.19 bits per heavy atom. The maximum Gasteiger partial charge on any atom is 0.224 e. The molecule has 0 saturated heterocycles. The molecule has 0 bridgehead atoms. The van der Waals surface area contributed by atoms with Crippen molar-refractivity contribution in [2.45, 2.75) is 12.8 Å². The number of ether oxygens (including phenoxy) is 2. The van der Waals surface area contributed by atoms with Crippen LogP contribution in [0.15, 0.2) is 42.6 Å². The molecule has 1 aliphatic rings. The van der Waals surface area contributed by atoms with E-state index in [4.69, 9.17) is 21.1 Å². The number of fused-ring (bicyclic) bond motifs is 2. The number of nitrogens with one attached hydrogen (secondary N) is 2. The van der Waals surface area contributed by atoms with E-state index in [2.05, 4.69) is 16.4 Å². The maximum absolute atomic E-state index is 12.2. The molecule has 26 heavy (non-hydrogen) atoms. The second kappa shape index (κ2) is 7.30. The Bertz CT molecular complexity index is 951. The minimum absolute atomic E-state index is 0.0439. The lowest BCUT2D eigenvalue weighted by Crippen LogP contribution is -2.27. The average Bonchev–Trinajstić information content (AvgIpc) is 3.05. The highest BCUT2D eigenvalue weighted by molar-refractivity contribution is 6.32. The molecule has 3 aromatic rings. The van der Waals surface area contributed by atoms with Crippen LogP contribution in [-0.2, 0) is 17.6 Å². The standard InChI is InChI=1S/C20H19ClN2O3/c21-16-9-13(10-18-20(16)26-8-7-25-18)11-19(24)22-6-5-14-12-23-17-4-2-1-3-15(14)17/h1-4,9-10,12,23H,5-8,11H2,(H,22,24). The number of para-hydroxylation sites is 1. The number of H-pyrrole nitrogens is 1. The lowest BCUT2D eigenvalue weighted by Gasteiger charge is -2.20. The zero-order valence-electron chi connectivity index (χ0n) is 14.2. The van der Waals surface area contributed by atoms with Crippen molar-refractivity contribution in [2.24, 2.45) is 0 Å². The Balaban J connectivity index is 1.35. The van der Waals surface area contributed by atoms with Crippen LogP contribution >= 0.6 is 11.6 Å². The molecule has 0 fully saturated rings. The molecule has 0 radical (unpaired) electrons. The molecule has 0 saturated carbocycles. The molecule has 0 spiro atoms. The molecule has 0 unspecified atom stereocenters. The molecule has 4 rings (SSSR count). The van der Waals surface area contributed by atoms with Crippen molar-refractivity contribution >= 4 is 28.4 Å². The number of halogens is 1. The Hall–Kier alpha value is -2.66. The van der Waals surface area contributed by atoms with E-state index < -0.39 is 0 Å². The number of hydrogen-bond acceptors (Lipinski definition) is 3. The summed E-state index contributed by atoms with van der Waals surface area (Å²) in [5.74, 6) is 1.12. The third kappa shape index (κ3) is 3.48. The first-order valence-corrected chi connectivity index (χ1v) is 8.98. The number of carbonyl (C=O) groups is 1. The summed E-state index contributed by atoms with van der Waals surface area (Å²) in [4.78, 5) is 15.5. The quantitative estimate of drug-likeness (QED) is 0.722. The summed E-state index contributed by atoms with van der Waals surface area (Å²) < 4.78 is 11.0. The minimum Gasteiger partial charge on any atom is -0.486 e. The molecule has 134 valence electrons. The van der Waals surface area contributed by atoms with Crippen LogP contribution in [0.4, 0.5) is 0 Å². The number of aromatic amines is 1. The lowest BCUT2D eigenvalue weighted by molar-refractivity contribution is -0.120. The summed E-state index contributed by atoms with van der Waals surface area (Å²) in [7, 11) is 0. The third-order valence-corrected chi connectivity index (χ3v) is 4.69. The SMILES string of the molecule is O=C(Cc1cc(Cl)c2c(c1)OCCO2)NCCc1c[nH]c2ccccc12. The maximum atomic E-state index is 12.2. The van der Waals surface area contributed by atoms with Gasteiger partial charge in [0.1, 0.15) is 13.2 Å². The van der Waals surface area contributed by atoms with Crippen LogP contribution in [0, 0.1) is 0 Å². The Kier molecular flexibility index (Phi) is 4.71. The van der Waals surface area contributed by atoms with Crippen molar-refractivity contribution in [1.29, 1.82) is 0 Å². The number of amides is 1. The first-order chi connectivity index (χ1) is 12.7. The van der Waals surface area contributed by atoms with Gasteiger partial charge in [-0.3, -0.25) is 4.79 Å². The van der Waals surface area contributed by atoms with Crippen molar-refractivity contribution < 1.29 is 14.3 Å². The summed E-state index contributed by atoms with van der Waals surface area (Å²) >= 11 is 6.22. The van der Waals surface area contributed by atoms with Gasteiger partial charge in [-0.1, -0.05) is 29.8 Å². The molecule has 2 heterocycles. The van der Waals surface area contributed by atoms with Crippen LogP contribution in [0.2, 0.25) is 5.02 Å². The molecule has 0 aliphatic carbocycles. The smallest absolute Gasteiger partial charge is 0.224 e. The highest BCUT2D eigenvalue weighted by Gasteiger charge is 2.17. The molecule has 1 aliphatic heterocycles. The fourth-order valence-corrected chi connectivity index (χ4v) is 3.48. The van der Waals surface area contributed by atoms with Gasteiger partial charge in [0.25, 0.3) is 0 Å². The molecule has 2 N–H and O–H groups in total. The van der Waals surface area contributed by atoms with Gasteiger partial charge in [0, 0.05) is 23.6 Å². The van der Waals surface area contributed by atoms with E-state index in [0.29, 0.717) is 36.3 Å². The topological polar surface area (TPSA) is 63.4 Å². The van der Waals surface area contributed by atoms with Crippen molar-refractivity contribution in [3.05, 3.63) is 58.7 Å². The molecular formula is C20H19ClN2O3. The van der Waals surface area contributed by atoms with Crippen LogP contribution < -0.4 is 14.8 Å². The average molecular weight is 371 g/mol. The van der Waals surface area contributed by atoms with E-state index >= 15 is 0 Å². The zero-order valence-corrected chi connectivity index (χ0v) is 14.9. The zero-order chi connectivity index (χ0) is 17.9. The van der Waals surface area contributed by atoms with E-state index in [9.17, 15) is 4.79 Å². The highest BCUT2D eigenvalue weighted by Crippen LogP contribution is 2.38. The van der Waals surface area contributed by atoms with E-state index in [1.54, 1.807) is 6.07 Å². The molecule has 2 aromatic carbocycles. The third-order valence-electron chi connectivity index (χ3n) is 4.41. The van der Waals surface area contributed by atoms with Crippen LogP contribution in [0.5, 0.6) is 11.5 Å². The van der Waals surface area contributed by atoms with Crippen molar-refractivity contribution in [1.82, 2.24) is 10.3 Å². The predicted molar refractivity (Wildman–Crippen MR) is 101 cm³/mol. The summed E-state index contributed by atoms with van der Waals surface area (Å²) in [6.07, 6.45) is 3.03. The highest BCUT2D eigenvalue weighted by atomic mass is 35.5. The number of rotatable bonds is 5. The summed E-state index contributed by atoms with van der Waals surface area (Å²) in [6.45, 7) is 1.56. The predicted octanol–water partition coefficient (Wildman–Crippen LogP) is 3.49. The minimum atomic E-state index is -0.0439. The van der Waals surface area contributed by atoms with Gasteiger partial charge in [-0.15, -0.1) is 0 Å². The Morgan fingerprint density at radius 2 is 2.04 bits per heavy atom. The monoisotopic (exact) mass is 370 g/mol. The number of benzene rings is 2. The van der Waals surface area contributed by atoms with Gasteiger partial charge in [-0.25, -0.2) is 0 Å². The molecule has 1 aromatic heterocycles. The first-order valence-electron chi connectivity index (χ1n) is 8.60. The van der Waals surface area contributed by atoms with Crippen LogP contribution in [0.25, 0.3) is 10.9 Å². The number of aromatic nitrogens is 1. The summed E-state index contributed by atoms with van der Waals surface area (Å²) in [5.41, 5.74) is 3.12. The lowest BCUT2D eigenvalue weighted by atomic mass is 10.1. The molecule has 6 heteroatoms. The summed E-state index contributed by atoms with van der Waals surface area (Å²) in [6, 6.07) is 11.7. The van der Waals surface area contributed by atoms with Gasteiger partial charge >= 0.3 is 0 Å². The normalized spacial score (nSPS) is 13.0. The molecular weight excluding hydrogens is 352 g/mol. The fraction of sp³-hybridized carbons (Fsp3) is 0.250. The van der Waals surface area contributed by atoms with Crippen LogP contribution in [0.1, 0.15) is 11.1 Å². The Morgan fingerprint density at radius 3 is 2.96 bits per heavy atom. The first kappa shape index (κ1) is 16.8. The van der Waals surface area contributed by atoms with Crippen molar-refractivity contribution in [2.75, 3.05) is 19.8 Å². The van der Waals surface area contributed by atoms with Gasteiger partial charge in [-0.2, -0.15) is 0 Å². The largest absolute Gasteiger partial charge is 0.486 e. The summed E-state index contributed by atoms with van der Waals surface area (Å²) in [5, 5.41) is 4.64. The van der Waals surface area contributed by atoms with Crippen molar-refractivity contribution in [3.63, 3.8) is 0 Å². The molecule has 5 nitrogen and oxygen atoms in total. The van der Waals surface area contributed by atoms with Gasteiger partial charge < -0.3 is 19.8 Å². The number of hydrogen-bond donors (Lipinski definition) is 2. The van der Waals surface area contributed by atoms with Gasteiger partial charge in [-0.05, 0) is 35.7 Å². The van der Waals surface area contributed by atoms with Crippen LogP contribution in [0.3, 0.4) is 0 Å². The number of carbonyl (C=O) groups excluding carboxylic acids is 1. The van der Waals surface area contributed by atoms with Gasteiger partial charge in [0.15, 0.2) is 11.5 Å². The van der Waals surface area contributed by atoms with Crippen LogP contribution in [-0.4, -0.2) is 30.6 Å². The van der Waals surface area contributed by atoms with E-state index in [1.165, 1.54) is 10.9 Å². The fourth-order valence-electron chi connectivity index (χ4n) is 3.19. The van der Waals surface area contributed by atoms with Gasteiger partial charge in [0.05, 0.1) is 11.4 Å². The van der Waals surface area contributed by atoms with E-state index in [1.807, 2.05) is 30.5 Å². The second-order valence-corrected chi connectivity index (χ2v) is 6.65.